The van der Waals surface area contributed by atoms with E-state index in [9.17, 15) is 37.3 Å². The van der Waals surface area contributed by atoms with Crippen molar-refractivity contribution in [3.63, 3.8) is 0 Å². The molecule has 248 valence electrons. The lowest BCUT2D eigenvalue weighted by atomic mass is 9.91. The summed E-state index contributed by atoms with van der Waals surface area (Å²) in [7, 11) is -4.28. The highest BCUT2D eigenvalue weighted by atomic mass is 32.2. The summed E-state index contributed by atoms with van der Waals surface area (Å²) in [5.41, 5.74) is -3.11. The van der Waals surface area contributed by atoms with Gasteiger partial charge < -0.3 is 38.7 Å². The number of aliphatic hydroxyl groups excluding tert-OH is 1. The van der Waals surface area contributed by atoms with E-state index in [1.54, 1.807) is 30.2 Å². The number of aliphatic hydroxyl groups is 1. The Bertz CT molecular complexity index is 1240. The van der Waals surface area contributed by atoms with Crippen LogP contribution in [0.15, 0.2) is 18.7 Å². The molecule has 1 aromatic rings. The molecule has 0 saturated heterocycles. The number of rotatable bonds is 20. The molecule has 17 heteroatoms. The molecule has 0 aliphatic carbocycles. The topological polar surface area (TPSA) is 213 Å². The molecule has 0 aliphatic heterocycles. The highest BCUT2D eigenvalue weighted by Gasteiger charge is 2.39. The van der Waals surface area contributed by atoms with Crippen molar-refractivity contribution >= 4 is 34.3 Å². The summed E-state index contributed by atoms with van der Waals surface area (Å²) in [5, 5.41) is 12.3. The smallest absolute Gasteiger partial charge is 0.508 e. The lowest BCUT2D eigenvalue weighted by Gasteiger charge is -2.27. The SMILES string of the molecule is C#CCCOC(=O)OCC(C)(COC(=O)OCC(C)(CO)C(=O)OCC)C(=O)NCCC[n+]1ccn(CCCS(=O)(=O)[O-])c1. The Labute approximate surface area is 256 Å². The van der Waals surface area contributed by atoms with Crippen LogP contribution in [0.1, 0.15) is 40.0 Å². The molecule has 2 unspecified atom stereocenters. The Balaban J connectivity index is 2.72. The van der Waals surface area contributed by atoms with Crippen LogP contribution < -0.4 is 9.88 Å². The first-order chi connectivity index (χ1) is 20.7. The van der Waals surface area contributed by atoms with Crippen LogP contribution in [0.25, 0.3) is 0 Å². The molecule has 1 heterocycles. The van der Waals surface area contributed by atoms with E-state index in [0.29, 0.717) is 19.5 Å². The van der Waals surface area contributed by atoms with Gasteiger partial charge in [-0.1, -0.05) is 0 Å². The Morgan fingerprint density at radius 2 is 1.64 bits per heavy atom. The van der Waals surface area contributed by atoms with Crippen molar-refractivity contribution in [1.82, 2.24) is 9.88 Å². The number of carbonyl (C=O) groups is 4. The average molecular weight is 648 g/mol. The van der Waals surface area contributed by atoms with Crippen LogP contribution in [0.2, 0.25) is 0 Å². The predicted molar refractivity (Wildman–Crippen MR) is 149 cm³/mol. The fourth-order valence-electron chi connectivity index (χ4n) is 3.38. The second-order valence-electron chi connectivity index (χ2n) is 10.3. The Hall–Kier alpha value is -3.88. The molecule has 0 aromatic carbocycles. The third-order valence-electron chi connectivity index (χ3n) is 6.09. The largest absolute Gasteiger partial charge is 0.748 e. The van der Waals surface area contributed by atoms with E-state index in [1.807, 2.05) is 4.57 Å². The summed E-state index contributed by atoms with van der Waals surface area (Å²) in [6, 6.07) is 0. The van der Waals surface area contributed by atoms with E-state index < -0.39 is 77.3 Å². The number of hydrogen-bond donors (Lipinski definition) is 2. The number of hydrogen-bond acceptors (Lipinski definition) is 13. The van der Waals surface area contributed by atoms with Gasteiger partial charge in [0.2, 0.25) is 12.2 Å². The molecule has 0 aliphatic rings. The molecule has 16 nitrogen and oxygen atoms in total. The molecule has 0 spiro atoms. The zero-order valence-corrected chi connectivity index (χ0v) is 26.0. The van der Waals surface area contributed by atoms with Gasteiger partial charge in [-0.15, -0.1) is 12.3 Å². The summed E-state index contributed by atoms with van der Waals surface area (Å²) in [4.78, 5) is 49.4. The molecule has 44 heavy (non-hydrogen) atoms. The molecule has 0 radical (unpaired) electrons. The summed E-state index contributed by atoms with van der Waals surface area (Å²) < 4.78 is 60.6. The molecule has 1 amide bonds. The second-order valence-corrected chi connectivity index (χ2v) is 11.8. The third kappa shape index (κ3) is 14.5. The molecule has 0 bridgehead atoms. The average Bonchev–Trinajstić information content (AvgIpc) is 3.42. The zero-order chi connectivity index (χ0) is 33.2. The van der Waals surface area contributed by atoms with Crippen LogP contribution in [-0.4, -0.2) is 98.8 Å². The number of amides is 1. The van der Waals surface area contributed by atoms with Gasteiger partial charge in [-0.3, -0.25) is 9.59 Å². The number of aryl methyl sites for hydroxylation is 2. The van der Waals surface area contributed by atoms with Gasteiger partial charge in [0.05, 0.1) is 36.4 Å². The van der Waals surface area contributed by atoms with Crippen molar-refractivity contribution in [2.45, 2.75) is 53.1 Å². The van der Waals surface area contributed by atoms with Crippen molar-refractivity contribution in [2.24, 2.45) is 10.8 Å². The van der Waals surface area contributed by atoms with Gasteiger partial charge in [0, 0.05) is 25.1 Å². The molecule has 0 fully saturated rings. The van der Waals surface area contributed by atoms with E-state index in [-0.39, 0.29) is 32.6 Å². The normalized spacial score (nSPS) is 13.8. The predicted octanol–water partition coefficient (Wildman–Crippen LogP) is 0.115. The number of esters is 1. The summed E-state index contributed by atoms with van der Waals surface area (Å²) in [6.07, 6.45) is 8.80. The van der Waals surface area contributed by atoms with Crippen molar-refractivity contribution in [1.29, 1.82) is 0 Å². The Morgan fingerprint density at radius 1 is 1.02 bits per heavy atom. The number of ether oxygens (including phenoxy) is 5. The quantitative estimate of drug-likeness (QED) is 0.0481. The molecule has 0 saturated carbocycles. The van der Waals surface area contributed by atoms with Gasteiger partial charge in [-0.25, -0.2) is 27.1 Å². The van der Waals surface area contributed by atoms with Crippen molar-refractivity contribution in [2.75, 3.05) is 51.9 Å². The highest BCUT2D eigenvalue weighted by Crippen LogP contribution is 2.21. The van der Waals surface area contributed by atoms with Crippen LogP contribution in [0.5, 0.6) is 0 Å². The molecular formula is C27H41N3O13S. The Kier molecular flexibility index (Phi) is 16.2. The van der Waals surface area contributed by atoms with Gasteiger partial charge in [0.1, 0.15) is 49.7 Å². The van der Waals surface area contributed by atoms with Crippen molar-refractivity contribution < 1.29 is 65.5 Å². The van der Waals surface area contributed by atoms with Crippen LogP contribution >= 0.6 is 0 Å². The lowest BCUT2D eigenvalue weighted by Crippen LogP contribution is -2.47. The minimum Gasteiger partial charge on any atom is -0.748 e. The Morgan fingerprint density at radius 3 is 2.20 bits per heavy atom. The van der Waals surface area contributed by atoms with E-state index >= 15 is 0 Å². The number of imidazole rings is 1. The van der Waals surface area contributed by atoms with Crippen LogP contribution in [0.3, 0.4) is 0 Å². The first-order valence-electron chi connectivity index (χ1n) is 13.8. The van der Waals surface area contributed by atoms with Gasteiger partial charge in [0.15, 0.2) is 0 Å². The number of terminal acetylenes is 1. The van der Waals surface area contributed by atoms with Gasteiger partial charge in [-0.2, -0.15) is 0 Å². The number of aromatic nitrogens is 2. The molecular weight excluding hydrogens is 606 g/mol. The minimum atomic E-state index is -4.28. The van der Waals surface area contributed by atoms with Crippen molar-refractivity contribution in [3.8, 4) is 12.3 Å². The zero-order valence-electron chi connectivity index (χ0n) is 25.2. The van der Waals surface area contributed by atoms with Gasteiger partial charge in [-0.05, 0) is 27.2 Å². The standard InChI is InChI=1S/C27H41N3O13S/c1-5-7-15-40-24(34)42-19-27(4,20-43-25(35)41-18-26(3,17-31)23(33)39-6-2)22(32)28-10-8-11-29-13-14-30(21-29)12-9-16-44(36,37)38/h1,13-14,21,31H,6-12,15-20H2,2-4H3,(H-,28,32,36,37,38). The summed E-state index contributed by atoms with van der Waals surface area (Å²) in [5.74, 6) is 0.442. The maximum absolute atomic E-state index is 13.1. The summed E-state index contributed by atoms with van der Waals surface area (Å²) in [6.45, 7) is 2.95. The molecule has 1 rings (SSSR count). The molecule has 2 N–H and O–H groups in total. The highest BCUT2D eigenvalue weighted by molar-refractivity contribution is 7.85. The number of nitrogens with zero attached hydrogens (tertiary/aromatic N) is 2. The first-order valence-corrected chi connectivity index (χ1v) is 15.3. The van der Waals surface area contributed by atoms with E-state index in [1.165, 1.54) is 13.8 Å². The van der Waals surface area contributed by atoms with Crippen LogP contribution in [-0.2, 0) is 56.5 Å². The van der Waals surface area contributed by atoms with E-state index in [2.05, 4.69) is 11.2 Å². The van der Waals surface area contributed by atoms with E-state index in [4.69, 9.17) is 30.1 Å². The number of nitrogens with one attached hydrogen (secondary N) is 1. The minimum absolute atomic E-state index is 0.0563. The third-order valence-corrected chi connectivity index (χ3v) is 6.88. The number of carbonyl (C=O) groups excluding carboxylic acids is 4. The maximum Gasteiger partial charge on any atom is 0.508 e. The van der Waals surface area contributed by atoms with Crippen LogP contribution in [0.4, 0.5) is 9.59 Å². The monoisotopic (exact) mass is 647 g/mol. The summed E-state index contributed by atoms with van der Waals surface area (Å²) >= 11 is 0. The fraction of sp³-hybridized carbons (Fsp3) is 0.667. The first kappa shape index (κ1) is 38.1. The van der Waals surface area contributed by atoms with E-state index in [0.717, 1.165) is 0 Å². The van der Waals surface area contributed by atoms with Gasteiger partial charge in [0.25, 0.3) is 0 Å². The van der Waals surface area contributed by atoms with Crippen molar-refractivity contribution in [3.05, 3.63) is 18.7 Å². The maximum atomic E-state index is 13.1. The molecule has 1 aromatic heterocycles. The van der Waals surface area contributed by atoms with Crippen LogP contribution in [0, 0.1) is 23.2 Å². The lowest BCUT2D eigenvalue weighted by molar-refractivity contribution is -0.696. The van der Waals surface area contributed by atoms with Gasteiger partial charge >= 0.3 is 18.3 Å². The molecule has 2 atom stereocenters. The second kappa shape index (κ2) is 18.7. The fourth-order valence-corrected chi connectivity index (χ4v) is 3.87.